The van der Waals surface area contributed by atoms with Gasteiger partial charge in [0.1, 0.15) is 0 Å². The molecule has 0 atom stereocenters. The van der Waals surface area contributed by atoms with Crippen LogP contribution in [0.5, 0.6) is 0 Å². The fourth-order valence-corrected chi connectivity index (χ4v) is 4.51. The molecule has 2 aromatic carbocycles. The first-order valence-corrected chi connectivity index (χ1v) is 10.7. The van der Waals surface area contributed by atoms with Crippen molar-refractivity contribution < 1.29 is 14.7 Å². The predicted octanol–water partition coefficient (Wildman–Crippen LogP) is 5.11. The molecule has 0 radical (unpaired) electrons. The van der Waals surface area contributed by atoms with E-state index in [-0.39, 0.29) is 24.3 Å². The minimum Gasteiger partial charge on any atom is -0.481 e. The molecule has 1 aliphatic carbocycles. The molecule has 6 heteroatoms. The van der Waals surface area contributed by atoms with Crippen molar-refractivity contribution in [3.05, 3.63) is 70.9 Å². The number of carboxylic acids is 1. The van der Waals surface area contributed by atoms with Gasteiger partial charge < -0.3 is 15.0 Å². The van der Waals surface area contributed by atoms with Crippen molar-refractivity contribution in [2.45, 2.75) is 44.7 Å². The van der Waals surface area contributed by atoms with Gasteiger partial charge in [0, 0.05) is 35.6 Å². The first-order chi connectivity index (χ1) is 14.5. The summed E-state index contributed by atoms with van der Waals surface area (Å²) in [4.78, 5) is 24.0. The Morgan fingerprint density at radius 2 is 1.77 bits per heavy atom. The lowest BCUT2D eigenvalue weighted by Gasteiger charge is -2.28. The van der Waals surface area contributed by atoms with E-state index in [1.807, 2.05) is 54.7 Å². The predicted molar refractivity (Wildman–Crippen MR) is 118 cm³/mol. The van der Waals surface area contributed by atoms with E-state index in [0.29, 0.717) is 17.1 Å². The number of aromatic nitrogens is 1. The Morgan fingerprint density at radius 1 is 1.03 bits per heavy atom. The third-order valence-electron chi connectivity index (χ3n) is 5.94. The van der Waals surface area contributed by atoms with Crippen molar-refractivity contribution >= 4 is 34.4 Å². The molecule has 1 fully saturated rings. The molecule has 30 heavy (non-hydrogen) atoms. The van der Waals surface area contributed by atoms with Gasteiger partial charge in [-0.25, -0.2) is 0 Å². The summed E-state index contributed by atoms with van der Waals surface area (Å²) in [6.45, 7) is 0.658. The van der Waals surface area contributed by atoms with Crippen molar-refractivity contribution in [1.29, 1.82) is 0 Å². The van der Waals surface area contributed by atoms with Crippen molar-refractivity contribution in [3.8, 4) is 0 Å². The molecule has 0 unspecified atom stereocenters. The number of hydrogen-bond acceptors (Lipinski definition) is 2. The van der Waals surface area contributed by atoms with E-state index in [9.17, 15) is 9.59 Å². The van der Waals surface area contributed by atoms with Crippen molar-refractivity contribution in [1.82, 2.24) is 9.88 Å². The van der Waals surface area contributed by atoms with E-state index in [1.54, 1.807) is 0 Å². The zero-order valence-corrected chi connectivity index (χ0v) is 17.4. The highest BCUT2D eigenvalue weighted by Crippen LogP contribution is 2.28. The molecule has 1 heterocycles. The number of aliphatic carboxylic acids is 1. The number of carbonyl (C=O) groups is 2. The van der Waals surface area contributed by atoms with Crippen molar-refractivity contribution in [3.63, 3.8) is 0 Å². The molecule has 1 aromatic heterocycles. The molecule has 4 rings (SSSR count). The number of para-hydroxylation sites is 1. The first kappa shape index (κ1) is 20.5. The Labute approximate surface area is 180 Å². The Bertz CT molecular complexity index is 1050. The summed E-state index contributed by atoms with van der Waals surface area (Å²) in [5, 5.41) is 13.9. The second-order valence-corrected chi connectivity index (χ2v) is 8.54. The van der Waals surface area contributed by atoms with E-state index >= 15 is 0 Å². The van der Waals surface area contributed by atoms with Gasteiger partial charge in [0.05, 0.1) is 11.1 Å². The van der Waals surface area contributed by atoms with Crippen LogP contribution in [0.25, 0.3) is 10.9 Å². The van der Waals surface area contributed by atoms with Gasteiger partial charge in [-0.3, -0.25) is 9.59 Å². The maximum absolute atomic E-state index is 13.1. The number of carboxylic acid groups (broad SMARTS) is 1. The molecule has 0 saturated heterocycles. The highest BCUT2D eigenvalue weighted by Gasteiger charge is 2.25. The first-order valence-electron chi connectivity index (χ1n) is 10.3. The van der Waals surface area contributed by atoms with Crippen LogP contribution in [-0.2, 0) is 11.3 Å². The molecule has 1 aliphatic rings. The SMILES string of the molecule is O=C(O)C[C@H]1CC[C@H](NC(=O)c2cccc3ccn(Cc4ccc(Cl)cc4)c23)CC1. The average Bonchev–Trinajstić information content (AvgIpc) is 3.14. The number of hydrogen-bond donors (Lipinski definition) is 2. The Hall–Kier alpha value is -2.79. The summed E-state index contributed by atoms with van der Waals surface area (Å²) < 4.78 is 2.09. The lowest BCUT2D eigenvalue weighted by molar-refractivity contribution is -0.138. The van der Waals surface area contributed by atoms with E-state index < -0.39 is 5.97 Å². The quantitative estimate of drug-likeness (QED) is 0.577. The van der Waals surface area contributed by atoms with Gasteiger partial charge in [-0.2, -0.15) is 0 Å². The van der Waals surface area contributed by atoms with Crippen LogP contribution in [0.3, 0.4) is 0 Å². The Kier molecular flexibility index (Phi) is 6.09. The number of carbonyl (C=O) groups excluding carboxylic acids is 1. The summed E-state index contributed by atoms with van der Waals surface area (Å²) >= 11 is 5.99. The fourth-order valence-electron chi connectivity index (χ4n) is 4.38. The second kappa shape index (κ2) is 8.92. The second-order valence-electron chi connectivity index (χ2n) is 8.10. The van der Waals surface area contributed by atoms with Crippen LogP contribution < -0.4 is 5.32 Å². The standard InChI is InChI=1S/C24H25ClN2O3/c25-19-8-4-17(5-9-19)15-27-13-12-18-2-1-3-21(23(18)27)24(30)26-20-10-6-16(7-11-20)14-22(28)29/h1-5,8-9,12-13,16,20H,6-7,10-11,14-15H2,(H,26,30)(H,28,29)/t16-,20-. The number of benzene rings is 2. The van der Waals surface area contributed by atoms with Gasteiger partial charge in [0.2, 0.25) is 0 Å². The number of nitrogens with one attached hydrogen (secondary N) is 1. The van der Waals surface area contributed by atoms with Crippen LogP contribution in [0.1, 0.15) is 48.0 Å². The number of rotatable bonds is 6. The molecule has 1 saturated carbocycles. The summed E-state index contributed by atoms with van der Waals surface area (Å²) in [7, 11) is 0. The van der Waals surface area contributed by atoms with Crippen LogP contribution in [0.15, 0.2) is 54.7 Å². The van der Waals surface area contributed by atoms with Crippen LogP contribution in [0.2, 0.25) is 5.02 Å². The lowest BCUT2D eigenvalue weighted by atomic mass is 9.84. The Balaban J connectivity index is 1.49. The number of amides is 1. The van der Waals surface area contributed by atoms with Gasteiger partial charge in [-0.05, 0) is 61.4 Å². The number of halogens is 1. The molecule has 2 N–H and O–H groups in total. The van der Waals surface area contributed by atoms with Crippen LogP contribution in [0, 0.1) is 5.92 Å². The van der Waals surface area contributed by atoms with Crippen LogP contribution in [0.4, 0.5) is 0 Å². The molecule has 0 spiro atoms. The van der Waals surface area contributed by atoms with Gasteiger partial charge in [0.15, 0.2) is 0 Å². The maximum atomic E-state index is 13.1. The summed E-state index contributed by atoms with van der Waals surface area (Å²) in [6, 6.07) is 15.6. The van der Waals surface area contributed by atoms with E-state index in [2.05, 4.69) is 9.88 Å². The van der Waals surface area contributed by atoms with Crippen LogP contribution in [-0.4, -0.2) is 27.6 Å². The Morgan fingerprint density at radius 3 is 2.47 bits per heavy atom. The zero-order valence-electron chi connectivity index (χ0n) is 16.7. The maximum Gasteiger partial charge on any atom is 0.303 e. The molecule has 156 valence electrons. The van der Waals surface area contributed by atoms with Gasteiger partial charge in [0.25, 0.3) is 5.91 Å². The fraction of sp³-hybridized carbons (Fsp3) is 0.333. The zero-order chi connectivity index (χ0) is 21.1. The largest absolute Gasteiger partial charge is 0.481 e. The topological polar surface area (TPSA) is 71.3 Å². The monoisotopic (exact) mass is 424 g/mol. The van der Waals surface area contributed by atoms with E-state index in [4.69, 9.17) is 16.7 Å². The van der Waals surface area contributed by atoms with Gasteiger partial charge in [-0.1, -0.05) is 35.9 Å². The molecular formula is C24H25ClN2O3. The minimum absolute atomic E-state index is 0.0710. The smallest absolute Gasteiger partial charge is 0.303 e. The van der Waals surface area contributed by atoms with E-state index in [0.717, 1.165) is 42.1 Å². The molecule has 0 aliphatic heterocycles. The third kappa shape index (κ3) is 4.68. The van der Waals surface area contributed by atoms with Crippen molar-refractivity contribution in [2.75, 3.05) is 0 Å². The minimum atomic E-state index is -0.740. The highest BCUT2D eigenvalue weighted by atomic mass is 35.5. The average molecular weight is 425 g/mol. The lowest BCUT2D eigenvalue weighted by Crippen LogP contribution is -2.38. The molecule has 0 bridgehead atoms. The number of fused-ring (bicyclic) bond motifs is 1. The third-order valence-corrected chi connectivity index (χ3v) is 6.20. The van der Waals surface area contributed by atoms with Crippen LogP contribution >= 0.6 is 11.6 Å². The molecule has 5 nitrogen and oxygen atoms in total. The summed E-state index contributed by atoms with van der Waals surface area (Å²) in [6.07, 6.45) is 5.56. The molecular weight excluding hydrogens is 400 g/mol. The number of nitrogens with zero attached hydrogens (tertiary/aromatic N) is 1. The van der Waals surface area contributed by atoms with Crippen molar-refractivity contribution in [2.24, 2.45) is 5.92 Å². The van der Waals surface area contributed by atoms with E-state index in [1.165, 1.54) is 0 Å². The molecule has 1 amide bonds. The van der Waals surface area contributed by atoms with Gasteiger partial charge >= 0.3 is 5.97 Å². The van der Waals surface area contributed by atoms with Gasteiger partial charge in [-0.15, -0.1) is 0 Å². The normalized spacial score (nSPS) is 19.0. The summed E-state index contributed by atoms with van der Waals surface area (Å²) in [5.74, 6) is -0.593. The highest BCUT2D eigenvalue weighted by molar-refractivity contribution is 6.30. The molecule has 3 aromatic rings. The summed E-state index contributed by atoms with van der Waals surface area (Å²) in [5.41, 5.74) is 2.70.